The number of amides is 3. The molecule has 0 aliphatic carbocycles. The van der Waals surface area contributed by atoms with Crippen LogP contribution in [0.2, 0.25) is 0 Å². The standard InChI is InChI=1S/C21H41N5O2S.CH4/c1-21(2,3)23-12-8-14-26(4)13-7-11-22-18(27)10-6-5-9-17-19-16(15-29-17)24-20(28)25-19;/h16-17,19,23H,5-15H2,1-4H3,(H,22,27)(H2,24,25,28);1H4. The molecule has 2 aliphatic heterocycles. The molecule has 2 rings (SSSR count). The second-order valence-corrected chi connectivity index (χ2v) is 10.7. The number of nitrogens with one attached hydrogen (secondary N) is 4. The minimum absolute atomic E-state index is 0. The predicted molar refractivity (Wildman–Crippen MR) is 128 cm³/mol. The van der Waals surface area contributed by atoms with Crippen molar-refractivity contribution >= 4 is 23.7 Å². The molecule has 2 fully saturated rings. The van der Waals surface area contributed by atoms with Gasteiger partial charge in [0.2, 0.25) is 5.91 Å². The van der Waals surface area contributed by atoms with Crippen LogP contribution in [-0.4, -0.2) is 78.7 Å². The van der Waals surface area contributed by atoms with Crippen molar-refractivity contribution in [3.05, 3.63) is 0 Å². The smallest absolute Gasteiger partial charge is 0.315 e. The first-order chi connectivity index (χ1) is 13.7. The van der Waals surface area contributed by atoms with Gasteiger partial charge < -0.3 is 26.2 Å². The number of fused-ring (bicyclic) bond motifs is 1. The van der Waals surface area contributed by atoms with Crippen LogP contribution in [0, 0.1) is 0 Å². The lowest BCUT2D eigenvalue weighted by atomic mass is 10.0. The molecule has 2 heterocycles. The molecule has 0 aromatic rings. The molecular formula is C22H45N5O2S. The molecule has 0 aromatic carbocycles. The number of rotatable bonds is 13. The van der Waals surface area contributed by atoms with Gasteiger partial charge in [0.05, 0.1) is 12.1 Å². The number of thioether (sulfide) groups is 1. The lowest BCUT2D eigenvalue weighted by molar-refractivity contribution is -0.121. The first-order valence-corrected chi connectivity index (χ1v) is 12.2. The molecule has 3 atom stereocenters. The van der Waals surface area contributed by atoms with Crippen LogP contribution in [0.1, 0.15) is 66.7 Å². The second-order valence-electron chi connectivity index (χ2n) is 9.40. The summed E-state index contributed by atoms with van der Waals surface area (Å²) in [4.78, 5) is 25.7. The highest BCUT2D eigenvalue weighted by Gasteiger charge is 2.42. The van der Waals surface area contributed by atoms with Crippen LogP contribution in [0.5, 0.6) is 0 Å². The fourth-order valence-corrected chi connectivity index (χ4v) is 5.41. The van der Waals surface area contributed by atoms with E-state index in [0.717, 1.165) is 64.0 Å². The van der Waals surface area contributed by atoms with E-state index in [1.165, 1.54) is 0 Å². The first-order valence-electron chi connectivity index (χ1n) is 11.1. The maximum Gasteiger partial charge on any atom is 0.315 e. The van der Waals surface area contributed by atoms with Crippen molar-refractivity contribution < 1.29 is 9.59 Å². The Morgan fingerprint density at radius 1 is 1.13 bits per heavy atom. The summed E-state index contributed by atoms with van der Waals surface area (Å²) >= 11 is 1.94. The van der Waals surface area contributed by atoms with Crippen molar-refractivity contribution in [2.75, 3.05) is 39.0 Å². The molecule has 0 bridgehead atoms. The Morgan fingerprint density at radius 3 is 2.53 bits per heavy atom. The molecule has 0 aromatic heterocycles. The van der Waals surface area contributed by atoms with Crippen LogP contribution in [0.15, 0.2) is 0 Å². The van der Waals surface area contributed by atoms with Crippen molar-refractivity contribution in [3.8, 4) is 0 Å². The Hall–Kier alpha value is -0.990. The highest BCUT2D eigenvalue weighted by Crippen LogP contribution is 2.33. The van der Waals surface area contributed by atoms with Gasteiger partial charge in [0.25, 0.3) is 0 Å². The maximum absolute atomic E-state index is 12.0. The van der Waals surface area contributed by atoms with Gasteiger partial charge in [-0.25, -0.2) is 4.79 Å². The van der Waals surface area contributed by atoms with Gasteiger partial charge >= 0.3 is 6.03 Å². The molecule has 30 heavy (non-hydrogen) atoms. The van der Waals surface area contributed by atoms with Gasteiger partial charge in [-0.3, -0.25) is 4.79 Å². The first kappa shape index (κ1) is 27.0. The number of unbranched alkanes of at least 4 members (excludes halogenated alkanes) is 1. The number of nitrogens with zero attached hydrogens (tertiary/aromatic N) is 1. The zero-order valence-electron chi connectivity index (χ0n) is 18.7. The number of hydrogen-bond donors (Lipinski definition) is 4. The van der Waals surface area contributed by atoms with Crippen molar-refractivity contribution in [3.63, 3.8) is 0 Å². The predicted octanol–water partition coefficient (Wildman–Crippen LogP) is 2.56. The molecule has 8 heteroatoms. The lowest BCUT2D eigenvalue weighted by Gasteiger charge is -2.22. The number of urea groups is 1. The Kier molecular flexibility index (Phi) is 12.1. The summed E-state index contributed by atoms with van der Waals surface area (Å²) < 4.78 is 0. The van der Waals surface area contributed by atoms with E-state index in [-0.39, 0.29) is 37.0 Å². The van der Waals surface area contributed by atoms with Gasteiger partial charge in [-0.2, -0.15) is 11.8 Å². The van der Waals surface area contributed by atoms with Gasteiger partial charge in [-0.15, -0.1) is 0 Å². The Morgan fingerprint density at radius 2 is 1.83 bits per heavy atom. The summed E-state index contributed by atoms with van der Waals surface area (Å²) in [5, 5.41) is 13.0. The van der Waals surface area contributed by atoms with E-state index in [1.807, 2.05) is 11.8 Å². The van der Waals surface area contributed by atoms with Crippen LogP contribution < -0.4 is 21.3 Å². The lowest BCUT2D eigenvalue weighted by Crippen LogP contribution is -2.37. The fraction of sp³-hybridized carbons (Fsp3) is 0.909. The minimum atomic E-state index is -0.0307. The number of hydrogen-bond acceptors (Lipinski definition) is 5. The fourth-order valence-electron chi connectivity index (χ4n) is 3.86. The third-order valence-corrected chi connectivity index (χ3v) is 7.00. The highest BCUT2D eigenvalue weighted by atomic mass is 32.2. The molecule has 3 amide bonds. The quantitative estimate of drug-likeness (QED) is 0.260. The van der Waals surface area contributed by atoms with Gasteiger partial charge in [-0.1, -0.05) is 13.8 Å². The Bertz CT molecular complexity index is 526. The molecule has 2 saturated heterocycles. The Labute approximate surface area is 188 Å². The summed E-state index contributed by atoms with van der Waals surface area (Å²) in [6, 6.07) is 0.521. The summed E-state index contributed by atoms with van der Waals surface area (Å²) in [6.45, 7) is 10.4. The maximum atomic E-state index is 12.0. The zero-order valence-corrected chi connectivity index (χ0v) is 19.5. The van der Waals surface area contributed by atoms with E-state index < -0.39 is 0 Å². The average molecular weight is 444 g/mol. The van der Waals surface area contributed by atoms with E-state index in [2.05, 4.69) is 54.0 Å². The van der Waals surface area contributed by atoms with E-state index >= 15 is 0 Å². The molecular weight excluding hydrogens is 398 g/mol. The molecule has 3 unspecified atom stereocenters. The third kappa shape index (κ3) is 10.4. The van der Waals surface area contributed by atoms with Crippen molar-refractivity contribution in [1.29, 1.82) is 0 Å². The van der Waals surface area contributed by atoms with Crippen LogP contribution in [0.3, 0.4) is 0 Å². The number of carbonyl (C=O) groups excluding carboxylic acids is 2. The van der Waals surface area contributed by atoms with Crippen molar-refractivity contribution in [2.45, 2.75) is 89.6 Å². The molecule has 176 valence electrons. The third-order valence-electron chi connectivity index (χ3n) is 5.49. The van der Waals surface area contributed by atoms with Crippen LogP contribution >= 0.6 is 11.8 Å². The molecule has 2 aliphatic rings. The summed E-state index contributed by atoms with van der Waals surface area (Å²) in [7, 11) is 2.15. The molecule has 0 spiro atoms. The van der Waals surface area contributed by atoms with Crippen LogP contribution in [0.25, 0.3) is 0 Å². The zero-order chi connectivity index (χ0) is 21.3. The SMILES string of the molecule is C.CN(CCCNC(=O)CCCCC1SCC2NC(=O)NC21)CCCNC(C)(C)C. The van der Waals surface area contributed by atoms with E-state index in [9.17, 15) is 9.59 Å². The van der Waals surface area contributed by atoms with Crippen LogP contribution in [0.4, 0.5) is 4.79 Å². The van der Waals surface area contributed by atoms with E-state index in [0.29, 0.717) is 11.7 Å². The van der Waals surface area contributed by atoms with Crippen molar-refractivity contribution in [2.24, 2.45) is 0 Å². The summed E-state index contributed by atoms with van der Waals surface area (Å²) in [5.41, 5.74) is 0.185. The summed E-state index contributed by atoms with van der Waals surface area (Å²) in [6.07, 6.45) is 5.75. The van der Waals surface area contributed by atoms with Crippen LogP contribution in [-0.2, 0) is 4.79 Å². The summed E-state index contributed by atoms with van der Waals surface area (Å²) in [5.74, 6) is 1.16. The molecule has 7 nitrogen and oxygen atoms in total. The monoisotopic (exact) mass is 443 g/mol. The van der Waals surface area contributed by atoms with Crippen molar-refractivity contribution in [1.82, 2.24) is 26.2 Å². The largest absolute Gasteiger partial charge is 0.356 e. The molecule has 0 saturated carbocycles. The number of carbonyl (C=O) groups is 2. The molecule has 0 radical (unpaired) electrons. The average Bonchev–Trinajstić information content (AvgIpc) is 3.18. The van der Waals surface area contributed by atoms with E-state index in [4.69, 9.17) is 0 Å². The molecule has 4 N–H and O–H groups in total. The van der Waals surface area contributed by atoms with Gasteiger partial charge in [0.1, 0.15) is 0 Å². The topological polar surface area (TPSA) is 85.5 Å². The highest BCUT2D eigenvalue weighted by molar-refractivity contribution is 8.00. The van der Waals surface area contributed by atoms with Gasteiger partial charge in [-0.05, 0) is 73.1 Å². The Balaban J connectivity index is 0.00000450. The van der Waals surface area contributed by atoms with E-state index in [1.54, 1.807) is 0 Å². The second kappa shape index (κ2) is 13.4. The minimum Gasteiger partial charge on any atom is -0.356 e. The van der Waals surface area contributed by atoms with Gasteiger partial charge in [0, 0.05) is 29.5 Å². The van der Waals surface area contributed by atoms with Gasteiger partial charge in [0.15, 0.2) is 0 Å². The normalized spacial score (nSPS) is 23.0.